The maximum absolute atomic E-state index is 11.6. The highest BCUT2D eigenvalue weighted by atomic mass is 16.5. The Morgan fingerprint density at radius 1 is 1.33 bits per heavy atom. The average Bonchev–Trinajstić information content (AvgIpc) is 2.36. The lowest BCUT2D eigenvalue weighted by molar-refractivity contribution is -0.143. The number of hydrogen-bond donors (Lipinski definition) is 1. The zero-order valence-electron chi connectivity index (χ0n) is 12.8. The number of methoxy groups -OCH3 is 1. The molecule has 0 aromatic carbocycles. The highest BCUT2D eigenvalue weighted by molar-refractivity contribution is 5.75. The van der Waals surface area contributed by atoms with Gasteiger partial charge in [0.05, 0.1) is 7.11 Å². The van der Waals surface area contributed by atoms with Crippen LogP contribution in [0.3, 0.4) is 0 Å². The van der Waals surface area contributed by atoms with Crippen LogP contribution in [0.25, 0.3) is 0 Å². The summed E-state index contributed by atoms with van der Waals surface area (Å²) >= 11 is 0. The van der Waals surface area contributed by atoms with Crippen molar-refractivity contribution in [3.8, 4) is 0 Å². The lowest BCUT2D eigenvalue weighted by atomic mass is 10.0. The van der Waals surface area contributed by atoms with E-state index in [2.05, 4.69) is 45.0 Å². The highest BCUT2D eigenvalue weighted by Gasteiger charge is 2.20. The standard InChI is InChI=1S/C14H30N2O2/c1-7-9-15-13(14(17)18-6)8-10-16(5)12(4)11(2)3/h11-13,15H,7-10H2,1-6H3. The Kier molecular flexibility index (Phi) is 9.02. The first kappa shape index (κ1) is 17.4. The van der Waals surface area contributed by atoms with E-state index in [0.717, 1.165) is 25.9 Å². The summed E-state index contributed by atoms with van der Waals surface area (Å²) in [5, 5.41) is 3.24. The molecule has 0 spiro atoms. The molecule has 0 fully saturated rings. The van der Waals surface area contributed by atoms with Gasteiger partial charge >= 0.3 is 5.97 Å². The molecule has 18 heavy (non-hydrogen) atoms. The summed E-state index contributed by atoms with van der Waals surface area (Å²) in [5.74, 6) is 0.462. The van der Waals surface area contributed by atoms with E-state index in [-0.39, 0.29) is 12.0 Å². The van der Waals surface area contributed by atoms with Gasteiger partial charge in [-0.05, 0) is 39.3 Å². The van der Waals surface area contributed by atoms with E-state index in [1.165, 1.54) is 7.11 Å². The van der Waals surface area contributed by atoms with Gasteiger partial charge in [0.1, 0.15) is 6.04 Å². The fourth-order valence-corrected chi connectivity index (χ4v) is 1.81. The minimum Gasteiger partial charge on any atom is -0.468 e. The molecule has 0 heterocycles. The first-order chi connectivity index (χ1) is 8.43. The molecule has 4 nitrogen and oxygen atoms in total. The Hall–Kier alpha value is -0.610. The third-order valence-corrected chi connectivity index (χ3v) is 3.56. The molecule has 0 aliphatic rings. The Balaban J connectivity index is 4.20. The summed E-state index contributed by atoms with van der Waals surface area (Å²) in [7, 11) is 3.56. The van der Waals surface area contributed by atoms with Crippen molar-refractivity contribution in [3.05, 3.63) is 0 Å². The topological polar surface area (TPSA) is 41.6 Å². The van der Waals surface area contributed by atoms with Gasteiger partial charge in [-0.3, -0.25) is 4.79 Å². The van der Waals surface area contributed by atoms with E-state index in [4.69, 9.17) is 4.74 Å². The van der Waals surface area contributed by atoms with Gasteiger partial charge in [0, 0.05) is 12.6 Å². The third-order valence-electron chi connectivity index (χ3n) is 3.56. The van der Waals surface area contributed by atoms with Gasteiger partial charge in [0.2, 0.25) is 0 Å². The molecule has 0 saturated heterocycles. The molecule has 108 valence electrons. The van der Waals surface area contributed by atoms with E-state index >= 15 is 0 Å². The predicted molar refractivity (Wildman–Crippen MR) is 75.6 cm³/mol. The largest absolute Gasteiger partial charge is 0.468 e. The summed E-state index contributed by atoms with van der Waals surface area (Å²) in [5.41, 5.74) is 0. The minimum atomic E-state index is -0.184. The highest BCUT2D eigenvalue weighted by Crippen LogP contribution is 2.09. The second-order valence-corrected chi connectivity index (χ2v) is 5.28. The first-order valence-corrected chi connectivity index (χ1v) is 6.95. The molecule has 1 N–H and O–H groups in total. The molecule has 0 saturated carbocycles. The van der Waals surface area contributed by atoms with Crippen LogP contribution in [0.1, 0.15) is 40.5 Å². The number of hydrogen-bond acceptors (Lipinski definition) is 4. The van der Waals surface area contributed by atoms with E-state index < -0.39 is 0 Å². The number of esters is 1. The maximum Gasteiger partial charge on any atom is 0.322 e. The monoisotopic (exact) mass is 258 g/mol. The molecule has 0 aliphatic heterocycles. The summed E-state index contributed by atoms with van der Waals surface area (Å²) in [6, 6.07) is 0.339. The molecule has 0 radical (unpaired) electrons. The van der Waals surface area contributed by atoms with E-state index in [9.17, 15) is 4.79 Å². The number of rotatable bonds is 9. The van der Waals surface area contributed by atoms with Gasteiger partial charge in [-0.1, -0.05) is 20.8 Å². The molecule has 0 rings (SSSR count). The lowest BCUT2D eigenvalue weighted by Crippen LogP contribution is -2.42. The SMILES string of the molecule is CCCNC(CCN(C)C(C)C(C)C)C(=O)OC. The van der Waals surface area contributed by atoms with Crippen molar-refractivity contribution in [1.29, 1.82) is 0 Å². The van der Waals surface area contributed by atoms with Crippen LogP contribution in [0, 0.1) is 5.92 Å². The molecular weight excluding hydrogens is 228 g/mol. The second kappa shape index (κ2) is 9.34. The van der Waals surface area contributed by atoms with Gasteiger partial charge in [-0.2, -0.15) is 0 Å². The number of nitrogens with zero attached hydrogens (tertiary/aromatic N) is 1. The molecule has 2 unspecified atom stereocenters. The number of carbonyl (C=O) groups is 1. The average molecular weight is 258 g/mol. The molecule has 0 aromatic heterocycles. The minimum absolute atomic E-state index is 0.158. The molecule has 0 aromatic rings. The Morgan fingerprint density at radius 3 is 2.39 bits per heavy atom. The molecule has 0 amide bonds. The zero-order chi connectivity index (χ0) is 14.1. The normalized spacial score (nSPS) is 14.9. The van der Waals surface area contributed by atoms with E-state index in [1.807, 2.05) is 0 Å². The van der Waals surface area contributed by atoms with Crippen molar-refractivity contribution in [2.45, 2.75) is 52.6 Å². The lowest BCUT2D eigenvalue weighted by Gasteiger charge is -2.29. The number of ether oxygens (including phenoxy) is 1. The summed E-state index contributed by atoms with van der Waals surface area (Å²) in [6.07, 6.45) is 1.81. The predicted octanol–water partition coefficient (Wildman–Crippen LogP) is 1.89. The molecule has 4 heteroatoms. The number of carbonyl (C=O) groups excluding carboxylic acids is 1. The molecule has 0 aliphatic carbocycles. The quantitative estimate of drug-likeness (QED) is 0.641. The van der Waals surface area contributed by atoms with Crippen molar-refractivity contribution in [3.63, 3.8) is 0 Å². The van der Waals surface area contributed by atoms with Crippen molar-refractivity contribution in [2.24, 2.45) is 5.92 Å². The van der Waals surface area contributed by atoms with Gasteiger partial charge in [-0.25, -0.2) is 0 Å². The van der Waals surface area contributed by atoms with E-state index in [1.54, 1.807) is 0 Å². The third kappa shape index (κ3) is 6.36. The van der Waals surface area contributed by atoms with Gasteiger partial charge in [0.25, 0.3) is 0 Å². The Morgan fingerprint density at radius 2 is 1.94 bits per heavy atom. The molecule has 0 bridgehead atoms. The fraction of sp³-hybridized carbons (Fsp3) is 0.929. The van der Waals surface area contributed by atoms with Crippen molar-refractivity contribution in [2.75, 3.05) is 27.2 Å². The van der Waals surface area contributed by atoms with Gasteiger partial charge in [-0.15, -0.1) is 0 Å². The number of nitrogens with one attached hydrogen (secondary N) is 1. The van der Waals surface area contributed by atoms with Gasteiger partial charge < -0.3 is 15.0 Å². The summed E-state index contributed by atoms with van der Waals surface area (Å²) in [4.78, 5) is 13.9. The summed E-state index contributed by atoms with van der Waals surface area (Å²) < 4.78 is 4.83. The smallest absolute Gasteiger partial charge is 0.322 e. The van der Waals surface area contributed by atoms with Crippen LogP contribution < -0.4 is 5.32 Å². The maximum atomic E-state index is 11.6. The van der Waals surface area contributed by atoms with Crippen molar-refractivity contribution >= 4 is 5.97 Å². The van der Waals surface area contributed by atoms with Crippen molar-refractivity contribution in [1.82, 2.24) is 10.2 Å². The van der Waals surface area contributed by atoms with Crippen LogP contribution in [-0.4, -0.2) is 50.2 Å². The Labute approximate surface area is 112 Å². The van der Waals surface area contributed by atoms with Crippen LogP contribution in [0.5, 0.6) is 0 Å². The van der Waals surface area contributed by atoms with Crippen LogP contribution in [0.15, 0.2) is 0 Å². The van der Waals surface area contributed by atoms with Gasteiger partial charge in [0.15, 0.2) is 0 Å². The molecular formula is C14H30N2O2. The van der Waals surface area contributed by atoms with Crippen LogP contribution in [0.2, 0.25) is 0 Å². The van der Waals surface area contributed by atoms with Crippen molar-refractivity contribution < 1.29 is 9.53 Å². The zero-order valence-corrected chi connectivity index (χ0v) is 12.8. The van der Waals surface area contributed by atoms with Crippen LogP contribution >= 0.6 is 0 Å². The van der Waals surface area contributed by atoms with E-state index in [0.29, 0.717) is 12.0 Å². The van der Waals surface area contributed by atoms with Crippen LogP contribution in [-0.2, 0) is 9.53 Å². The summed E-state index contributed by atoms with van der Waals surface area (Å²) in [6.45, 7) is 10.5. The fourth-order valence-electron chi connectivity index (χ4n) is 1.81. The molecule has 2 atom stereocenters. The second-order valence-electron chi connectivity index (χ2n) is 5.28. The van der Waals surface area contributed by atoms with Crippen LogP contribution in [0.4, 0.5) is 0 Å². The Bertz CT molecular complexity index is 232. The first-order valence-electron chi connectivity index (χ1n) is 6.95.